The molecule has 0 radical (unpaired) electrons. The van der Waals surface area contributed by atoms with E-state index in [1.165, 1.54) is 0 Å². The maximum atomic E-state index is 12.5. The molecule has 1 amide bonds. The highest BCUT2D eigenvalue weighted by molar-refractivity contribution is 5.82. The summed E-state index contributed by atoms with van der Waals surface area (Å²) in [6.45, 7) is 5.10. The molecule has 0 atom stereocenters. The highest BCUT2D eigenvalue weighted by atomic mass is 16.2. The Hall–Kier alpha value is -1.36. The van der Waals surface area contributed by atoms with Gasteiger partial charge in [0.15, 0.2) is 0 Å². The third-order valence-corrected chi connectivity index (χ3v) is 3.68. The van der Waals surface area contributed by atoms with Crippen molar-refractivity contribution in [1.29, 1.82) is 0 Å². The van der Waals surface area contributed by atoms with Crippen LogP contribution in [0.5, 0.6) is 0 Å². The first-order chi connectivity index (χ1) is 9.09. The molecule has 1 rings (SSSR count). The molecule has 3 N–H and O–H groups in total. The van der Waals surface area contributed by atoms with Crippen molar-refractivity contribution in [2.24, 2.45) is 18.2 Å². The van der Waals surface area contributed by atoms with Gasteiger partial charge in [0.2, 0.25) is 5.91 Å². The summed E-state index contributed by atoms with van der Waals surface area (Å²) in [4.78, 5) is 12.5. The molecule has 0 unspecified atom stereocenters. The van der Waals surface area contributed by atoms with E-state index < -0.39 is 5.41 Å². The van der Waals surface area contributed by atoms with E-state index in [1.54, 1.807) is 10.9 Å². The van der Waals surface area contributed by atoms with E-state index >= 15 is 0 Å². The van der Waals surface area contributed by atoms with Gasteiger partial charge in [-0.25, -0.2) is 0 Å². The third-order valence-electron chi connectivity index (χ3n) is 3.68. The average molecular weight is 266 g/mol. The van der Waals surface area contributed by atoms with Crippen LogP contribution in [0.15, 0.2) is 12.3 Å². The van der Waals surface area contributed by atoms with Gasteiger partial charge in [0.05, 0.1) is 17.7 Å². The van der Waals surface area contributed by atoms with Crippen LogP contribution in [0, 0.1) is 5.41 Å². The number of hydrogen-bond donors (Lipinski definition) is 2. The standard InChI is InChI=1S/C14H26N4O/c1-4-7-14(11-15,8-5-2)13(19)16-10-12-6-9-17-18(12)3/h6,9H,4-5,7-8,10-11,15H2,1-3H3,(H,16,19). The van der Waals surface area contributed by atoms with Gasteiger partial charge >= 0.3 is 0 Å². The Labute approximate surface area is 115 Å². The van der Waals surface area contributed by atoms with Crippen LogP contribution < -0.4 is 11.1 Å². The molecule has 0 aromatic carbocycles. The normalized spacial score (nSPS) is 11.6. The number of aryl methyl sites for hydroxylation is 1. The van der Waals surface area contributed by atoms with Crippen molar-refractivity contribution in [1.82, 2.24) is 15.1 Å². The molecule has 0 aliphatic carbocycles. The van der Waals surface area contributed by atoms with Gasteiger partial charge in [-0.1, -0.05) is 26.7 Å². The minimum Gasteiger partial charge on any atom is -0.350 e. The van der Waals surface area contributed by atoms with Crippen molar-refractivity contribution in [3.63, 3.8) is 0 Å². The third kappa shape index (κ3) is 3.80. The van der Waals surface area contributed by atoms with Gasteiger partial charge < -0.3 is 11.1 Å². The zero-order valence-corrected chi connectivity index (χ0v) is 12.3. The second kappa shape index (κ2) is 7.28. The zero-order chi connectivity index (χ0) is 14.3. The lowest BCUT2D eigenvalue weighted by molar-refractivity contribution is -0.131. The van der Waals surface area contributed by atoms with Crippen molar-refractivity contribution >= 4 is 5.91 Å². The van der Waals surface area contributed by atoms with Crippen molar-refractivity contribution in [3.8, 4) is 0 Å². The Morgan fingerprint density at radius 2 is 2.05 bits per heavy atom. The Balaban J connectivity index is 2.69. The number of nitrogens with zero attached hydrogens (tertiary/aromatic N) is 2. The molecule has 0 spiro atoms. The Bertz CT molecular complexity index is 394. The second-order valence-corrected chi connectivity index (χ2v) is 5.11. The average Bonchev–Trinajstić information content (AvgIpc) is 2.81. The van der Waals surface area contributed by atoms with Gasteiger partial charge in [0.25, 0.3) is 0 Å². The van der Waals surface area contributed by atoms with E-state index in [2.05, 4.69) is 24.3 Å². The molecule has 19 heavy (non-hydrogen) atoms. The largest absolute Gasteiger partial charge is 0.350 e. The van der Waals surface area contributed by atoms with Crippen LogP contribution >= 0.6 is 0 Å². The van der Waals surface area contributed by atoms with Crippen molar-refractivity contribution < 1.29 is 4.79 Å². The van der Waals surface area contributed by atoms with Crippen molar-refractivity contribution in [3.05, 3.63) is 18.0 Å². The fraction of sp³-hybridized carbons (Fsp3) is 0.714. The summed E-state index contributed by atoms with van der Waals surface area (Å²) in [6, 6.07) is 1.91. The van der Waals surface area contributed by atoms with E-state index in [1.807, 2.05) is 13.1 Å². The lowest BCUT2D eigenvalue weighted by Crippen LogP contribution is -2.45. The van der Waals surface area contributed by atoms with Gasteiger partial charge in [0, 0.05) is 19.8 Å². The van der Waals surface area contributed by atoms with Crippen LogP contribution in [0.25, 0.3) is 0 Å². The molecule has 1 aromatic heterocycles. The summed E-state index contributed by atoms with van der Waals surface area (Å²) in [7, 11) is 1.87. The molecule has 0 saturated heterocycles. The van der Waals surface area contributed by atoms with E-state index in [0.717, 1.165) is 31.4 Å². The molecule has 108 valence electrons. The summed E-state index contributed by atoms with van der Waals surface area (Å²) in [5.74, 6) is 0.0694. The number of nitrogens with two attached hydrogens (primary N) is 1. The van der Waals surface area contributed by atoms with E-state index in [9.17, 15) is 4.79 Å². The Kier molecular flexibility index (Phi) is 6.02. The highest BCUT2D eigenvalue weighted by Gasteiger charge is 2.34. The van der Waals surface area contributed by atoms with Crippen LogP contribution in [0.2, 0.25) is 0 Å². The highest BCUT2D eigenvalue weighted by Crippen LogP contribution is 2.29. The van der Waals surface area contributed by atoms with Gasteiger partial charge in [-0.2, -0.15) is 5.10 Å². The van der Waals surface area contributed by atoms with Gasteiger partial charge in [-0.05, 0) is 18.9 Å². The molecule has 0 bridgehead atoms. The van der Waals surface area contributed by atoms with E-state index in [4.69, 9.17) is 5.73 Å². The maximum Gasteiger partial charge on any atom is 0.227 e. The van der Waals surface area contributed by atoms with Crippen LogP contribution in [0.1, 0.15) is 45.2 Å². The quantitative estimate of drug-likeness (QED) is 0.750. The minimum absolute atomic E-state index is 0.0694. The van der Waals surface area contributed by atoms with Crippen molar-refractivity contribution in [2.45, 2.75) is 46.1 Å². The first-order valence-corrected chi connectivity index (χ1v) is 7.05. The van der Waals surface area contributed by atoms with Crippen LogP contribution in [-0.4, -0.2) is 22.2 Å². The summed E-state index contributed by atoms with van der Waals surface area (Å²) in [5, 5.41) is 7.10. The smallest absolute Gasteiger partial charge is 0.227 e. The van der Waals surface area contributed by atoms with Crippen LogP contribution in [0.4, 0.5) is 0 Å². The monoisotopic (exact) mass is 266 g/mol. The van der Waals surface area contributed by atoms with Crippen LogP contribution in [-0.2, 0) is 18.4 Å². The predicted octanol–water partition coefficient (Wildman–Crippen LogP) is 1.58. The van der Waals surface area contributed by atoms with Gasteiger partial charge in [0.1, 0.15) is 0 Å². The van der Waals surface area contributed by atoms with Crippen LogP contribution in [0.3, 0.4) is 0 Å². The maximum absolute atomic E-state index is 12.5. The summed E-state index contributed by atoms with van der Waals surface area (Å²) < 4.78 is 1.77. The SMILES string of the molecule is CCCC(CN)(CCC)C(=O)NCc1ccnn1C. The lowest BCUT2D eigenvalue weighted by Gasteiger charge is -2.30. The molecule has 1 heterocycles. The first-order valence-electron chi connectivity index (χ1n) is 7.05. The first kappa shape index (κ1) is 15.7. The zero-order valence-electron chi connectivity index (χ0n) is 12.3. The molecular weight excluding hydrogens is 240 g/mol. The van der Waals surface area contributed by atoms with Crippen molar-refractivity contribution in [2.75, 3.05) is 6.54 Å². The molecular formula is C14H26N4O. The molecule has 0 fully saturated rings. The molecule has 0 aliphatic rings. The molecule has 5 nitrogen and oxygen atoms in total. The Morgan fingerprint density at radius 1 is 1.42 bits per heavy atom. The van der Waals surface area contributed by atoms with Gasteiger partial charge in [-0.3, -0.25) is 9.48 Å². The number of carbonyl (C=O) groups is 1. The lowest BCUT2D eigenvalue weighted by atomic mass is 9.78. The fourth-order valence-corrected chi connectivity index (χ4v) is 2.54. The number of carbonyl (C=O) groups excluding carboxylic acids is 1. The second-order valence-electron chi connectivity index (χ2n) is 5.11. The molecule has 0 saturated carbocycles. The topological polar surface area (TPSA) is 72.9 Å². The van der Waals surface area contributed by atoms with E-state index in [0.29, 0.717) is 13.1 Å². The summed E-state index contributed by atoms with van der Waals surface area (Å²) >= 11 is 0. The molecule has 5 heteroatoms. The van der Waals surface area contributed by atoms with Gasteiger partial charge in [-0.15, -0.1) is 0 Å². The molecule has 0 aliphatic heterocycles. The Morgan fingerprint density at radius 3 is 2.47 bits per heavy atom. The number of hydrogen-bond acceptors (Lipinski definition) is 3. The number of rotatable bonds is 8. The summed E-state index contributed by atoms with van der Waals surface area (Å²) in [6.07, 6.45) is 5.35. The number of amides is 1. The van der Waals surface area contributed by atoms with E-state index in [-0.39, 0.29) is 5.91 Å². The number of aromatic nitrogens is 2. The number of nitrogens with one attached hydrogen (secondary N) is 1. The molecule has 1 aromatic rings. The summed E-state index contributed by atoms with van der Waals surface area (Å²) in [5.41, 5.74) is 6.46. The predicted molar refractivity (Wildman–Crippen MR) is 76.4 cm³/mol. The minimum atomic E-state index is -0.415. The fourth-order valence-electron chi connectivity index (χ4n) is 2.54.